The molecule has 0 saturated heterocycles. The zero-order valence-corrected chi connectivity index (χ0v) is 9.64. The fourth-order valence-corrected chi connectivity index (χ4v) is 3.20. The molecule has 14 heavy (non-hydrogen) atoms. The van der Waals surface area contributed by atoms with Crippen LogP contribution in [-0.4, -0.2) is 33.9 Å². The molecule has 84 valence electrons. The van der Waals surface area contributed by atoms with Gasteiger partial charge in [0.25, 0.3) is 0 Å². The SMILES string of the molecule is CNS(=O)(=O)C1CCCC(OC)CC1. The molecule has 0 bridgehead atoms. The lowest BCUT2D eigenvalue weighted by molar-refractivity contribution is 0.0901. The number of nitrogens with one attached hydrogen (secondary N) is 1. The lowest BCUT2D eigenvalue weighted by Gasteiger charge is -2.14. The molecule has 5 heteroatoms. The summed E-state index contributed by atoms with van der Waals surface area (Å²) in [6.07, 6.45) is 4.47. The van der Waals surface area contributed by atoms with Crippen LogP contribution in [0, 0.1) is 0 Å². The predicted molar refractivity (Wildman–Crippen MR) is 55.6 cm³/mol. The van der Waals surface area contributed by atoms with Crippen LogP contribution in [0.3, 0.4) is 0 Å². The molecule has 1 saturated carbocycles. The number of rotatable bonds is 3. The summed E-state index contributed by atoms with van der Waals surface area (Å²) in [5.74, 6) is 0. The van der Waals surface area contributed by atoms with Crippen LogP contribution in [0.2, 0.25) is 0 Å². The Balaban J connectivity index is 2.58. The third kappa shape index (κ3) is 2.93. The van der Waals surface area contributed by atoms with Gasteiger partial charge in [-0.25, -0.2) is 13.1 Å². The lowest BCUT2D eigenvalue weighted by atomic mass is 10.2. The molecule has 2 unspecified atom stereocenters. The maximum Gasteiger partial charge on any atom is 0.214 e. The summed E-state index contributed by atoms with van der Waals surface area (Å²) in [5, 5.41) is -0.229. The molecular weight excluding hydrogens is 202 g/mol. The fraction of sp³-hybridized carbons (Fsp3) is 1.00. The minimum atomic E-state index is -3.08. The van der Waals surface area contributed by atoms with Gasteiger partial charge >= 0.3 is 0 Å². The van der Waals surface area contributed by atoms with Crippen LogP contribution in [0.1, 0.15) is 32.1 Å². The normalized spacial score (nSPS) is 29.9. The van der Waals surface area contributed by atoms with Crippen molar-refractivity contribution < 1.29 is 13.2 Å². The van der Waals surface area contributed by atoms with Gasteiger partial charge in [-0.1, -0.05) is 0 Å². The molecule has 1 aliphatic rings. The van der Waals surface area contributed by atoms with E-state index < -0.39 is 10.0 Å². The fourth-order valence-electron chi connectivity index (χ4n) is 1.95. The van der Waals surface area contributed by atoms with Crippen molar-refractivity contribution in [2.75, 3.05) is 14.2 Å². The molecule has 1 aliphatic carbocycles. The Hall–Kier alpha value is -0.130. The molecule has 1 N–H and O–H groups in total. The van der Waals surface area contributed by atoms with Gasteiger partial charge in [-0.3, -0.25) is 0 Å². The van der Waals surface area contributed by atoms with E-state index in [1.54, 1.807) is 7.11 Å². The highest BCUT2D eigenvalue weighted by atomic mass is 32.2. The summed E-state index contributed by atoms with van der Waals surface area (Å²) < 4.78 is 30.8. The average molecular weight is 221 g/mol. The van der Waals surface area contributed by atoms with Gasteiger partial charge in [0.1, 0.15) is 0 Å². The highest BCUT2D eigenvalue weighted by molar-refractivity contribution is 7.90. The van der Waals surface area contributed by atoms with Gasteiger partial charge in [0, 0.05) is 7.11 Å². The molecule has 1 fully saturated rings. The van der Waals surface area contributed by atoms with E-state index in [9.17, 15) is 8.42 Å². The summed E-state index contributed by atoms with van der Waals surface area (Å²) in [7, 11) is 0.0904. The van der Waals surface area contributed by atoms with Gasteiger partial charge in [0.2, 0.25) is 10.0 Å². The Kier molecular flexibility index (Phi) is 4.34. The Morgan fingerprint density at radius 1 is 1.21 bits per heavy atom. The Bertz CT molecular complexity index is 263. The molecule has 0 heterocycles. The quantitative estimate of drug-likeness (QED) is 0.720. The van der Waals surface area contributed by atoms with E-state index in [2.05, 4.69) is 4.72 Å². The Morgan fingerprint density at radius 2 is 1.93 bits per heavy atom. The third-order valence-corrected chi connectivity index (χ3v) is 4.84. The van der Waals surface area contributed by atoms with Gasteiger partial charge < -0.3 is 4.74 Å². The van der Waals surface area contributed by atoms with Gasteiger partial charge in [-0.2, -0.15) is 0 Å². The molecular formula is C9H19NO3S. The summed E-state index contributed by atoms with van der Waals surface area (Å²) in [4.78, 5) is 0. The third-order valence-electron chi connectivity index (χ3n) is 2.92. The van der Waals surface area contributed by atoms with Gasteiger partial charge in [-0.05, 0) is 39.2 Å². The van der Waals surface area contributed by atoms with E-state index in [0.29, 0.717) is 6.42 Å². The van der Waals surface area contributed by atoms with Crippen molar-refractivity contribution in [1.82, 2.24) is 4.72 Å². The van der Waals surface area contributed by atoms with Crippen LogP contribution in [0.25, 0.3) is 0 Å². The zero-order valence-electron chi connectivity index (χ0n) is 8.82. The van der Waals surface area contributed by atoms with E-state index in [1.165, 1.54) is 7.05 Å². The smallest absolute Gasteiger partial charge is 0.214 e. The van der Waals surface area contributed by atoms with Gasteiger partial charge in [0.15, 0.2) is 0 Å². The first-order chi connectivity index (χ1) is 6.60. The zero-order chi connectivity index (χ0) is 10.6. The maximum atomic E-state index is 11.6. The summed E-state index contributed by atoms with van der Waals surface area (Å²) in [6.45, 7) is 0. The van der Waals surface area contributed by atoms with Crippen LogP contribution < -0.4 is 4.72 Å². The minimum absolute atomic E-state index is 0.229. The van der Waals surface area contributed by atoms with Crippen molar-refractivity contribution in [2.45, 2.75) is 43.5 Å². The molecule has 1 rings (SSSR count). The first-order valence-electron chi connectivity index (χ1n) is 5.05. The molecule has 0 aliphatic heterocycles. The molecule has 2 atom stereocenters. The number of methoxy groups -OCH3 is 1. The van der Waals surface area contributed by atoms with Crippen LogP contribution in [0.5, 0.6) is 0 Å². The first-order valence-corrected chi connectivity index (χ1v) is 6.60. The molecule has 0 amide bonds. The van der Waals surface area contributed by atoms with Crippen LogP contribution in [0.15, 0.2) is 0 Å². The number of hydrogen-bond acceptors (Lipinski definition) is 3. The van der Waals surface area contributed by atoms with Crippen molar-refractivity contribution in [3.8, 4) is 0 Å². The van der Waals surface area contributed by atoms with Crippen LogP contribution >= 0.6 is 0 Å². The van der Waals surface area contributed by atoms with Gasteiger partial charge in [-0.15, -0.1) is 0 Å². The molecule has 0 spiro atoms. The second-order valence-electron chi connectivity index (χ2n) is 3.74. The highest BCUT2D eigenvalue weighted by Gasteiger charge is 2.27. The standard InChI is InChI=1S/C9H19NO3S/c1-10-14(11,12)9-5-3-4-8(13-2)6-7-9/h8-10H,3-7H2,1-2H3. The van der Waals surface area contributed by atoms with Crippen LogP contribution in [-0.2, 0) is 14.8 Å². The molecule has 0 aromatic carbocycles. The van der Waals surface area contributed by atoms with Crippen molar-refractivity contribution in [3.05, 3.63) is 0 Å². The largest absolute Gasteiger partial charge is 0.381 e. The topological polar surface area (TPSA) is 55.4 Å². The van der Waals surface area contributed by atoms with E-state index in [4.69, 9.17) is 4.74 Å². The van der Waals surface area contributed by atoms with Crippen molar-refractivity contribution in [1.29, 1.82) is 0 Å². The van der Waals surface area contributed by atoms with Crippen molar-refractivity contribution in [2.24, 2.45) is 0 Å². The molecule has 4 nitrogen and oxygen atoms in total. The summed E-state index contributed by atoms with van der Waals surface area (Å²) in [6, 6.07) is 0. The van der Waals surface area contributed by atoms with E-state index in [-0.39, 0.29) is 11.4 Å². The summed E-state index contributed by atoms with van der Waals surface area (Å²) in [5.41, 5.74) is 0. The van der Waals surface area contributed by atoms with Gasteiger partial charge in [0.05, 0.1) is 11.4 Å². The van der Waals surface area contributed by atoms with E-state index in [0.717, 1.165) is 25.7 Å². The van der Waals surface area contributed by atoms with E-state index in [1.807, 2.05) is 0 Å². The summed E-state index contributed by atoms with van der Waals surface area (Å²) >= 11 is 0. The number of ether oxygens (including phenoxy) is 1. The maximum absolute atomic E-state index is 11.6. The van der Waals surface area contributed by atoms with Crippen molar-refractivity contribution in [3.63, 3.8) is 0 Å². The first kappa shape index (κ1) is 11.9. The molecule has 0 radical (unpaired) electrons. The Labute approximate surface area is 86.1 Å². The lowest BCUT2D eigenvalue weighted by Crippen LogP contribution is -2.31. The second kappa shape index (κ2) is 5.09. The molecule has 0 aromatic rings. The number of sulfonamides is 1. The number of hydrogen-bond donors (Lipinski definition) is 1. The Morgan fingerprint density at radius 3 is 2.50 bits per heavy atom. The highest BCUT2D eigenvalue weighted by Crippen LogP contribution is 2.23. The van der Waals surface area contributed by atoms with Crippen LogP contribution in [0.4, 0.5) is 0 Å². The minimum Gasteiger partial charge on any atom is -0.381 e. The predicted octanol–water partition coefficient (Wildman–Crippen LogP) is 0.883. The van der Waals surface area contributed by atoms with Crippen molar-refractivity contribution >= 4 is 10.0 Å². The van der Waals surface area contributed by atoms with E-state index >= 15 is 0 Å². The monoisotopic (exact) mass is 221 g/mol. The molecule has 0 aromatic heterocycles. The average Bonchev–Trinajstić information content (AvgIpc) is 2.42. The second-order valence-corrected chi connectivity index (χ2v) is 5.90.